The normalized spacial score (nSPS) is 15.5. The molecule has 140 valence electrons. The maximum Gasteiger partial charge on any atom is 0.313 e. The molecular formula is C20H27N3O2S. The lowest BCUT2D eigenvalue weighted by molar-refractivity contribution is -0.137. The summed E-state index contributed by atoms with van der Waals surface area (Å²) in [6.45, 7) is 12.5. The second-order valence-electron chi connectivity index (χ2n) is 7.13. The first-order valence-electron chi connectivity index (χ1n) is 9.14. The summed E-state index contributed by atoms with van der Waals surface area (Å²) in [6, 6.07) is 6.29. The highest BCUT2D eigenvalue weighted by molar-refractivity contribution is 7.11. The van der Waals surface area contributed by atoms with Crippen LogP contribution in [0.15, 0.2) is 24.4 Å². The van der Waals surface area contributed by atoms with Crippen molar-refractivity contribution in [2.75, 3.05) is 31.1 Å². The lowest BCUT2D eigenvalue weighted by Crippen LogP contribution is -2.46. The van der Waals surface area contributed by atoms with Crippen LogP contribution in [0.25, 0.3) is 0 Å². The Bertz CT molecular complexity index is 764. The van der Waals surface area contributed by atoms with Crippen LogP contribution in [-0.2, 0) is 11.3 Å². The number of thiophene rings is 1. The van der Waals surface area contributed by atoms with Gasteiger partial charge in [0.05, 0.1) is 5.92 Å². The molecule has 1 saturated heterocycles. The highest BCUT2D eigenvalue weighted by Crippen LogP contribution is 2.31. The SMILES string of the molecule is Cc1ccc(CN2CCN(c3nccc(C)c3OC(=O)C(C)C)CC2)s1. The third kappa shape index (κ3) is 4.43. The number of hydrogen-bond donors (Lipinski definition) is 0. The molecule has 3 rings (SSSR count). The van der Waals surface area contributed by atoms with E-state index < -0.39 is 0 Å². The van der Waals surface area contributed by atoms with Gasteiger partial charge in [0, 0.05) is 48.7 Å². The number of pyridine rings is 1. The van der Waals surface area contributed by atoms with Crippen molar-refractivity contribution in [2.24, 2.45) is 5.92 Å². The van der Waals surface area contributed by atoms with Gasteiger partial charge in [-0.2, -0.15) is 0 Å². The summed E-state index contributed by atoms with van der Waals surface area (Å²) >= 11 is 1.87. The minimum absolute atomic E-state index is 0.159. The largest absolute Gasteiger partial charge is 0.422 e. The fourth-order valence-electron chi connectivity index (χ4n) is 3.01. The summed E-state index contributed by atoms with van der Waals surface area (Å²) in [4.78, 5) is 24.1. The molecule has 5 nitrogen and oxygen atoms in total. The van der Waals surface area contributed by atoms with Gasteiger partial charge in [0.1, 0.15) is 0 Å². The van der Waals surface area contributed by atoms with Crippen molar-refractivity contribution in [3.05, 3.63) is 39.7 Å². The molecular weight excluding hydrogens is 346 g/mol. The van der Waals surface area contributed by atoms with E-state index in [9.17, 15) is 4.79 Å². The highest BCUT2D eigenvalue weighted by atomic mass is 32.1. The molecule has 26 heavy (non-hydrogen) atoms. The summed E-state index contributed by atoms with van der Waals surface area (Å²) in [5.74, 6) is 1.02. The average Bonchev–Trinajstić information content (AvgIpc) is 3.02. The maximum absolute atomic E-state index is 12.1. The molecule has 0 radical (unpaired) electrons. The number of aromatic nitrogens is 1. The Hall–Kier alpha value is -1.92. The van der Waals surface area contributed by atoms with Crippen molar-refractivity contribution in [3.8, 4) is 5.75 Å². The number of hydrogen-bond acceptors (Lipinski definition) is 6. The summed E-state index contributed by atoms with van der Waals surface area (Å²) < 4.78 is 5.66. The number of ether oxygens (including phenoxy) is 1. The number of rotatable bonds is 5. The number of esters is 1. The van der Waals surface area contributed by atoms with Gasteiger partial charge in [-0.15, -0.1) is 11.3 Å². The number of piperazine rings is 1. The maximum atomic E-state index is 12.1. The van der Waals surface area contributed by atoms with Gasteiger partial charge < -0.3 is 9.64 Å². The Morgan fingerprint density at radius 3 is 2.54 bits per heavy atom. The standard InChI is InChI=1S/C20H27N3O2S/c1-14(2)20(24)25-18-15(3)7-8-21-19(18)23-11-9-22(10-12-23)13-17-6-5-16(4)26-17/h5-8,14H,9-13H2,1-4H3. The van der Waals surface area contributed by atoms with Crippen molar-refractivity contribution in [2.45, 2.75) is 34.2 Å². The van der Waals surface area contributed by atoms with Crippen LogP contribution in [0.5, 0.6) is 5.75 Å². The van der Waals surface area contributed by atoms with Crippen LogP contribution in [0.2, 0.25) is 0 Å². The molecule has 0 N–H and O–H groups in total. The summed E-state index contributed by atoms with van der Waals surface area (Å²) in [5, 5.41) is 0. The van der Waals surface area contributed by atoms with Crippen LogP contribution in [0.1, 0.15) is 29.2 Å². The molecule has 0 spiro atoms. The van der Waals surface area contributed by atoms with Gasteiger partial charge in [-0.25, -0.2) is 4.98 Å². The Morgan fingerprint density at radius 1 is 1.19 bits per heavy atom. The zero-order valence-corrected chi connectivity index (χ0v) is 16.8. The number of anilines is 1. The van der Waals surface area contributed by atoms with E-state index in [1.165, 1.54) is 9.75 Å². The van der Waals surface area contributed by atoms with E-state index in [-0.39, 0.29) is 11.9 Å². The second-order valence-corrected chi connectivity index (χ2v) is 8.50. The zero-order valence-electron chi connectivity index (χ0n) is 16.0. The second kappa shape index (κ2) is 8.18. The van der Waals surface area contributed by atoms with Gasteiger partial charge in [0.2, 0.25) is 0 Å². The Morgan fingerprint density at radius 2 is 1.92 bits per heavy atom. The molecule has 2 aromatic rings. The molecule has 0 atom stereocenters. The van der Waals surface area contributed by atoms with Gasteiger partial charge in [-0.3, -0.25) is 9.69 Å². The van der Waals surface area contributed by atoms with Gasteiger partial charge >= 0.3 is 5.97 Å². The van der Waals surface area contributed by atoms with E-state index in [0.717, 1.165) is 44.1 Å². The number of carbonyl (C=O) groups excluding carboxylic acids is 1. The molecule has 6 heteroatoms. The molecule has 1 aliphatic rings. The lowest BCUT2D eigenvalue weighted by atomic mass is 10.2. The van der Waals surface area contributed by atoms with Crippen LogP contribution in [0.4, 0.5) is 5.82 Å². The lowest BCUT2D eigenvalue weighted by Gasteiger charge is -2.35. The Balaban J connectivity index is 1.67. The van der Waals surface area contributed by atoms with Crippen molar-refractivity contribution >= 4 is 23.1 Å². The van der Waals surface area contributed by atoms with E-state index in [2.05, 4.69) is 33.8 Å². The quantitative estimate of drug-likeness (QED) is 0.749. The van der Waals surface area contributed by atoms with E-state index in [4.69, 9.17) is 4.74 Å². The highest BCUT2D eigenvalue weighted by Gasteiger charge is 2.24. The Kier molecular flexibility index (Phi) is 5.94. The smallest absolute Gasteiger partial charge is 0.313 e. The fourth-order valence-corrected chi connectivity index (χ4v) is 3.94. The third-order valence-corrected chi connectivity index (χ3v) is 5.59. The van der Waals surface area contributed by atoms with Crippen LogP contribution in [0.3, 0.4) is 0 Å². The van der Waals surface area contributed by atoms with Crippen molar-refractivity contribution in [1.82, 2.24) is 9.88 Å². The first-order valence-corrected chi connectivity index (χ1v) is 9.95. The third-order valence-electron chi connectivity index (χ3n) is 4.60. The topological polar surface area (TPSA) is 45.7 Å². The predicted octanol–water partition coefficient (Wildman–Crippen LogP) is 3.64. The molecule has 0 aliphatic carbocycles. The molecule has 0 amide bonds. The van der Waals surface area contributed by atoms with Crippen LogP contribution < -0.4 is 9.64 Å². The number of nitrogens with zero attached hydrogens (tertiary/aromatic N) is 3. The molecule has 0 bridgehead atoms. The van der Waals surface area contributed by atoms with Crippen LogP contribution in [0, 0.1) is 19.8 Å². The van der Waals surface area contributed by atoms with Crippen molar-refractivity contribution in [1.29, 1.82) is 0 Å². The number of aryl methyl sites for hydroxylation is 2. The van der Waals surface area contributed by atoms with Crippen LogP contribution in [-0.4, -0.2) is 42.0 Å². The van der Waals surface area contributed by atoms with Gasteiger partial charge in [0.15, 0.2) is 11.6 Å². The zero-order chi connectivity index (χ0) is 18.7. The van der Waals surface area contributed by atoms with E-state index in [0.29, 0.717) is 5.75 Å². The molecule has 1 aliphatic heterocycles. The first-order chi connectivity index (χ1) is 12.4. The van der Waals surface area contributed by atoms with Gasteiger partial charge in [0.25, 0.3) is 0 Å². The summed E-state index contributed by atoms with van der Waals surface area (Å²) in [5.41, 5.74) is 0.945. The molecule has 0 saturated carbocycles. The number of carbonyl (C=O) groups is 1. The van der Waals surface area contributed by atoms with Crippen LogP contribution >= 0.6 is 11.3 Å². The van der Waals surface area contributed by atoms with E-state index >= 15 is 0 Å². The average molecular weight is 374 g/mol. The van der Waals surface area contributed by atoms with Crippen molar-refractivity contribution in [3.63, 3.8) is 0 Å². The van der Waals surface area contributed by atoms with Gasteiger partial charge in [-0.05, 0) is 37.6 Å². The summed E-state index contributed by atoms with van der Waals surface area (Å²) in [7, 11) is 0. The molecule has 0 aromatic carbocycles. The van der Waals surface area contributed by atoms with Crippen molar-refractivity contribution < 1.29 is 9.53 Å². The minimum atomic E-state index is -0.214. The van der Waals surface area contributed by atoms with E-state index in [1.54, 1.807) is 6.20 Å². The fraction of sp³-hybridized carbons (Fsp3) is 0.500. The molecule has 1 fully saturated rings. The monoisotopic (exact) mass is 373 g/mol. The predicted molar refractivity (Wildman–Crippen MR) is 106 cm³/mol. The van der Waals surface area contributed by atoms with E-state index in [1.807, 2.05) is 38.2 Å². The first kappa shape index (κ1) is 18.9. The molecule has 3 heterocycles. The molecule has 2 aromatic heterocycles. The minimum Gasteiger partial charge on any atom is -0.422 e. The van der Waals surface area contributed by atoms with Gasteiger partial charge in [-0.1, -0.05) is 13.8 Å². The summed E-state index contributed by atoms with van der Waals surface area (Å²) in [6.07, 6.45) is 1.79. The Labute approximate surface area is 159 Å². The molecule has 0 unspecified atom stereocenters.